The standard InChI is InChI=1S/C15H20O3/c1-5-15(4)7-13-11(10(3)14(17)18-13)6-12(15)9(2)8-16/h5,12-13,16H,1-2,6-8H2,3-4H3/t12-,13-,15+/m0/s1. The number of carbonyl (C=O) groups is 1. The van der Waals surface area contributed by atoms with Gasteiger partial charge in [-0.15, -0.1) is 6.58 Å². The van der Waals surface area contributed by atoms with Gasteiger partial charge in [-0.1, -0.05) is 19.6 Å². The van der Waals surface area contributed by atoms with E-state index in [0.717, 1.165) is 29.6 Å². The molecule has 2 aliphatic rings. The van der Waals surface area contributed by atoms with Gasteiger partial charge in [-0.3, -0.25) is 0 Å². The highest BCUT2D eigenvalue weighted by Crippen LogP contribution is 2.50. The first kappa shape index (κ1) is 13.1. The minimum Gasteiger partial charge on any atom is -0.454 e. The third kappa shape index (κ3) is 1.83. The maximum Gasteiger partial charge on any atom is 0.334 e. The first-order valence-electron chi connectivity index (χ1n) is 6.25. The van der Waals surface area contributed by atoms with Crippen LogP contribution in [0.3, 0.4) is 0 Å². The molecule has 0 aromatic carbocycles. The Morgan fingerprint density at radius 2 is 2.33 bits per heavy atom. The number of hydrogen-bond donors (Lipinski definition) is 1. The summed E-state index contributed by atoms with van der Waals surface area (Å²) in [5, 5.41) is 9.33. The molecule has 2 rings (SSSR count). The maximum atomic E-state index is 11.6. The van der Waals surface area contributed by atoms with Crippen LogP contribution < -0.4 is 0 Å². The summed E-state index contributed by atoms with van der Waals surface area (Å²) in [5.41, 5.74) is 2.41. The highest BCUT2D eigenvalue weighted by molar-refractivity contribution is 5.91. The fraction of sp³-hybridized carbons (Fsp3) is 0.533. The second kappa shape index (κ2) is 4.39. The Morgan fingerprint density at radius 1 is 1.67 bits per heavy atom. The summed E-state index contributed by atoms with van der Waals surface area (Å²) < 4.78 is 5.38. The average Bonchev–Trinajstić information content (AvgIpc) is 2.62. The van der Waals surface area contributed by atoms with Gasteiger partial charge < -0.3 is 9.84 Å². The van der Waals surface area contributed by atoms with Gasteiger partial charge in [0.15, 0.2) is 0 Å². The SMILES string of the molecule is C=C[C@]1(C)C[C@@H]2OC(=O)C(C)=C2C[C@H]1C(=C)CO. The first-order chi connectivity index (χ1) is 8.42. The monoisotopic (exact) mass is 248 g/mol. The number of esters is 1. The van der Waals surface area contributed by atoms with Gasteiger partial charge in [-0.2, -0.15) is 0 Å². The van der Waals surface area contributed by atoms with Crippen LogP contribution in [0.25, 0.3) is 0 Å². The van der Waals surface area contributed by atoms with Crippen molar-refractivity contribution in [2.75, 3.05) is 6.61 Å². The van der Waals surface area contributed by atoms with Gasteiger partial charge in [-0.25, -0.2) is 4.79 Å². The maximum absolute atomic E-state index is 11.6. The predicted molar refractivity (Wildman–Crippen MR) is 69.8 cm³/mol. The molecule has 0 radical (unpaired) electrons. The van der Waals surface area contributed by atoms with E-state index < -0.39 is 0 Å². The molecule has 98 valence electrons. The highest BCUT2D eigenvalue weighted by Gasteiger charge is 2.46. The molecule has 3 heteroatoms. The molecule has 1 aliphatic carbocycles. The van der Waals surface area contributed by atoms with Crippen LogP contribution in [0.1, 0.15) is 26.7 Å². The molecule has 0 unspecified atom stereocenters. The fourth-order valence-corrected chi connectivity index (χ4v) is 3.05. The summed E-state index contributed by atoms with van der Waals surface area (Å²) in [4.78, 5) is 11.6. The minimum atomic E-state index is -0.211. The van der Waals surface area contributed by atoms with Crippen molar-refractivity contribution in [2.24, 2.45) is 11.3 Å². The molecule has 1 heterocycles. The molecule has 18 heavy (non-hydrogen) atoms. The topological polar surface area (TPSA) is 46.5 Å². The molecule has 1 fully saturated rings. The first-order valence-corrected chi connectivity index (χ1v) is 6.25. The molecule has 1 saturated carbocycles. The van der Waals surface area contributed by atoms with E-state index in [2.05, 4.69) is 20.1 Å². The van der Waals surface area contributed by atoms with E-state index in [1.165, 1.54) is 0 Å². The summed E-state index contributed by atoms with van der Waals surface area (Å²) in [5.74, 6) is -0.0904. The summed E-state index contributed by atoms with van der Waals surface area (Å²) >= 11 is 0. The number of allylic oxidation sites excluding steroid dienone is 1. The molecule has 0 aromatic rings. The van der Waals surface area contributed by atoms with Crippen molar-refractivity contribution >= 4 is 5.97 Å². The quantitative estimate of drug-likeness (QED) is 0.616. The molecule has 0 spiro atoms. The van der Waals surface area contributed by atoms with E-state index in [0.29, 0.717) is 0 Å². The van der Waals surface area contributed by atoms with Crippen molar-refractivity contribution in [1.29, 1.82) is 0 Å². The van der Waals surface area contributed by atoms with E-state index >= 15 is 0 Å². The van der Waals surface area contributed by atoms with E-state index in [1.807, 2.05) is 13.0 Å². The molecule has 0 bridgehead atoms. The Balaban J connectivity index is 2.37. The van der Waals surface area contributed by atoms with Gasteiger partial charge in [0.05, 0.1) is 6.61 Å². The molecular formula is C15H20O3. The van der Waals surface area contributed by atoms with Crippen LogP contribution in [0.5, 0.6) is 0 Å². The van der Waals surface area contributed by atoms with Crippen molar-refractivity contribution in [3.8, 4) is 0 Å². The Labute approximate surface area is 108 Å². The lowest BCUT2D eigenvalue weighted by molar-refractivity contribution is -0.141. The second-order valence-electron chi connectivity index (χ2n) is 5.53. The smallest absolute Gasteiger partial charge is 0.334 e. The summed E-state index contributed by atoms with van der Waals surface area (Å²) in [6, 6.07) is 0. The Hall–Kier alpha value is -1.35. The van der Waals surface area contributed by atoms with Crippen molar-refractivity contribution in [3.63, 3.8) is 0 Å². The van der Waals surface area contributed by atoms with Crippen molar-refractivity contribution in [1.82, 2.24) is 0 Å². The van der Waals surface area contributed by atoms with Crippen LogP contribution in [0.15, 0.2) is 36.0 Å². The lowest BCUT2D eigenvalue weighted by atomic mass is 9.62. The highest BCUT2D eigenvalue weighted by atomic mass is 16.5. The largest absolute Gasteiger partial charge is 0.454 e. The lowest BCUT2D eigenvalue weighted by Gasteiger charge is -2.43. The molecule has 1 N–H and O–H groups in total. The number of hydrogen-bond acceptors (Lipinski definition) is 3. The average molecular weight is 248 g/mol. The number of aliphatic hydroxyl groups is 1. The fourth-order valence-electron chi connectivity index (χ4n) is 3.05. The van der Waals surface area contributed by atoms with Crippen molar-refractivity contribution in [2.45, 2.75) is 32.8 Å². The van der Waals surface area contributed by atoms with Gasteiger partial charge in [0.1, 0.15) is 6.10 Å². The number of carbonyl (C=O) groups excluding carboxylic acids is 1. The van der Waals surface area contributed by atoms with Crippen LogP contribution in [-0.2, 0) is 9.53 Å². The zero-order valence-electron chi connectivity index (χ0n) is 11.0. The van der Waals surface area contributed by atoms with Crippen LogP contribution >= 0.6 is 0 Å². The Morgan fingerprint density at radius 3 is 2.89 bits per heavy atom. The molecule has 1 aliphatic heterocycles. The van der Waals surface area contributed by atoms with E-state index in [-0.39, 0.29) is 30.0 Å². The van der Waals surface area contributed by atoms with Gasteiger partial charge in [0, 0.05) is 5.57 Å². The summed E-state index contributed by atoms with van der Waals surface area (Å²) in [6.45, 7) is 11.7. The van der Waals surface area contributed by atoms with Gasteiger partial charge in [0.2, 0.25) is 0 Å². The Kier molecular flexibility index (Phi) is 3.20. The zero-order chi connectivity index (χ0) is 13.5. The number of ether oxygens (including phenoxy) is 1. The molecule has 3 atom stereocenters. The van der Waals surface area contributed by atoms with Crippen molar-refractivity contribution in [3.05, 3.63) is 36.0 Å². The van der Waals surface area contributed by atoms with Gasteiger partial charge >= 0.3 is 5.97 Å². The molecule has 0 amide bonds. The van der Waals surface area contributed by atoms with Crippen LogP contribution in [-0.4, -0.2) is 23.8 Å². The number of aliphatic hydroxyl groups excluding tert-OH is 1. The normalized spacial score (nSPS) is 35.2. The Bertz CT molecular complexity index is 447. The predicted octanol–water partition coefficient (Wildman–Crippen LogP) is 2.38. The third-order valence-corrected chi connectivity index (χ3v) is 4.43. The van der Waals surface area contributed by atoms with Crippen molar-refractivity contribution < 1.29 is 14.6 Å². The zero-order valence-corrected chi connectivity index (χ0v) is 11.0. The molecular weight excluding hydrogens is 228 g/mol. The summed E-state index contributed by atoms with van der Waals surface area (Å²) in [7, 11) is 0. The number of fused-ring (bicyclic) bond motifs is 1. The third-order valence-electron chi connectivity index (χ3n) is 4.43. The molecule has 0 aromatic heterocycles. The van der Waals surface area contributed by atoms with Crippen LogP contribution in [0.2, 0.25) is 0 Å². The van der Waals surface area contributed by atoms with Gasteiger partial charge in [-0.05, 0) is 42.2 Å². The van der Waals surface area contributed by atoms with E-state index in [1.54, 1.807) is 0 Å². The minimum absolute atomic E-state index is 0.0279. The van der Waals surface area contributed by atoms with Crippen LogP contribution in [0, 0.1) is 11.3 Å². The molecule has 3 nitrogen and oxygen atoms in total. The van der Waals surface area contributed by atoms with E-state index in [4.69, 9.17) is 4.74 Å². The number of rotatable bonds is 3. The van der Waals surface area contributed by atoms with Crippen LogP contribution in [0.4, 0.5) is 0 Å². The van der Waals surface area contributed by atoms with E-state index in [9.17, 15) is 9.90 Å². The lowest BCUT2D eigenvalue weighted by Crippen LogP contribution is -2.38. The second-order valence-corrected chi connectivity index (χ2v) is 5.53. The van der Waals surface area contributed by atoms with Gasteiger partial charge in [0.25, 0.3) is 0 Å². The summed E-state index contributed by atoms with van der Waals surface area (Å²) in [6.07, 6.45) is 3.22. The molecule has 0 saturated heterocycles.